The number of fused-ring (bicyclic) bond motifs is 1. The second-order valence-electron chi connectivity index (χ2n) is 4.87. The molecule has 0 aromatic heterocycles. The van der Waals surface area contributed by atoms with Crippen LogP contribution in [0.1, 0.15) is 13.8 Å². The molecular formula is C12H14N2O3. The monoisotopic (exact) mass is 234 g/mol. The van der Waals surface area contributed by atoms with Crippen LogP contribution in [-0.4, -0.2) is 34.5 Å². The van der Waals surface area contributed by atoms with Gasteiger partial charge in [-0.15, -0.1) is 5.06 Å². The maximum atomic E-state index is 10.1. The molecule has 17 heavy (non-hydrogen) atoms. The fourth-order valence-electron chi connectivity index (χ4n) is 1.97. The molecule has 1 atom stereocenters. The molecule has 5 nitrogen and oxygen atoms in total. The van der Waals surface area contributed by atoms with Crippen LogP contribution in [0.5, 0.6) is 5.75 Å². The highest BCUT2D eigenvalue weighted by molar-refractivity contribution is 5.76. The molecule has 0 amide bonds. The van der Waals surface area contributed by atoms with Crippen LogP contribution in [0.25, 0.3) is 0 Å². The number of hydrogen-bond acceptors (Lipinski definition) is 5. The predicted octanol–water partition coefficient (Wildman–Crippen LogP) is 1.94. The first-order chi connectivity index (χ1) is 8.04. The van der Waals surface area contributed by atoms with Crippen molar-refractivity contribution in [2.24, 2.45) is 4.99 Å². The van der Waals surface area contributed by atoms with Crippen molar-refractivity contribution < 1.29 is 14.7 Å². The lowest BCUT2D eigenvalue weighted by Gasteiger charge is -2.35. The van der Waals surface area contributed by atoms with Crippen LogP contribution < -0.4 is 4.74 Å². The number of para-hydroxylation sites is 2. The second-order valence-corrected chi connectivity index (χ2v) is 4.87. The van der Waals surface area contributed by atoms with Crippen LogP contribution in [0.4, 0.5) is 5.69 Å². The highest BCUT2D eigenvalue weighted by atomic mass is 16.8. The predicted molar refractivity (Wildman–Crippen MR) is 61.6 cm³/mol. The molecular weight excluding hydrogens is 220 g/mol. The molecule has 0 bridgehead atoms. The Kier molecular flexibility index (Phi) is 2.07. The molecule has 5 heteroatoms. The van der Waals surface area contributed by atoms with Crippen LogP contribution in [0.15, 0.2) is 29.3 Å². The molecule has 0 unspecified atom stereocenters. The lowest BCUT2D eigenvalue weighted by atomic mass is 10.1. The van der Waals surface area contributed by atoms with E-state index >= 15 is 0 Å². The number of benzene rings is 1. The third kappa shape index (κ3) is 1.47. The van der Waals surface area contributed by atoms with Crippen LogP contribution in [0, 0.1) is 0 Å². The average Bonchev–Trinajstić information content (AvgIpc) is 2.55. The van der Waals surface area contributed by atoms with Crippen molar-refractivity contribution in [1.29, 1.82) is 0 Å². The first-order valence-corrected chi connectivity index (χ1v) is 5.50. The molecule has 2 heterocycles. The highest BCUT2D eigenvalue weighted by Crippen LogP contribution is 2.40. The van der Waals surface area contributed by atoms with E-state index in [1.807, 2.05) is 32.0 Å². The first-order valence-electron chi connectivity index (χ1n) is 5.50. The fourth-order valence-corrected chi connectivity index (χ4v) is 1.97. The molecule has 1 saturated heterocycles. The van der Waals surface area contributed by atoms with Gasteiger partial charge in [-0.1, -0.05) is 12.1 Å². The molecule has 0 radical (unpaired) electrons. The third-order valence-electron chi connectivity index (χ3n) is 2.99. The third-order valence-corrected chi connectivity index (χ3v) is 2.99. The molecule has 1 spiro atoms. The van der Waals surface area contributed by atoms with Gasteiger partial charge in [0.1, 0.15) is 5.69 Å². The van der Waals surface area contributed by atoms with Gasteiger partial charge < -0.3 is 14.7 Å². The summed E-state index contributed by atoms with van der Waals surface area (Å²) < 4.78 is 11.3. The van der Waals surface area contributed by atoms with Crippen molar-refractivity contribution in [3.63, 3.8) is 0 Å². The SMILES string of the molecule is CC1(C)CO[C@]2(C=Nc3ccccc3O2)N1O. The molecule has 1 aromatic rings. The number of nitrogens with zero attached hydrogens (tertiary/aromatic N) is 2. The van der Waals surface area contributed by atoms with Crippen LogP contribution in [-0.2, 0) is 4.74 Å². The van der Waals surface area contributed by atoms with E-state index in [0.29, 0.717) is 12.4 Å². The summed E-state index contributed by atoms with van der Waals surface area (Å²) in [5, 5.41) is 11.2. The lowest BCUT2D eigenvalue weighted by molar-refractivity contribution is -0.291. The van der Waals surface area contributed by atoms with Crippen LogP contribution in [0.2, 0.25) is 0 Å². The van der Waals surface area contributed by atoms with Crippen molar-refractivity contribution in [2.75, 3.05) is 6.61 Å². The van der Waals surface area contributed by atoms with Gasteiger partial charge in [-0.3, -0.25) is 0 Å². The van der Waals surface area contributed by atoms with Crippen molar-refractivity contribution in [3.05, 3.63) is 24.3 Å². The number of ether oxygens (including phenoxy) is 2. The Bertz CT molecular complexity index is 486. The van der Waals surface area contributed by atoms with Gasteiger partial charge in [0, 0.05) is 0 Å². The summed E-state index contributed by atoms with van der Waals surface area (Å²) in [7, 11) is 0. The Labute approximate surface area is 99.2 Å². The van der Waals surface area contributed by atoms with E-state index < -0.39 is 11.4 Å². The molecule has 1 fully saturated rings. The Hall–Kier alpha value is -1.43. The zero-order valence-corrected chi connectivity index (χ0v) is 9.75. The average molecular weight is 234 g/mol. The van der Waals surface area contributed by atoms with E-state index in [0.717, 1.165) is 10.8 Å². The minimum absolute atomic E-state index is 0.373. The van der Waals surface area contributed by atoms with Crippen molar-refractivity contribution in [1.82, 2.24) is 5.06 Å². The van der Waals surface area contributed by atoms with E-state index in [1.165, 1.54) is 6.21 Å². The van der Waals surface area contributed by atoms with E-state index in [9.17, 15) is 5.21 Å². The molecule has 3 rings (SSSR count). The molecule has 0 aliphatic carbocycles. The van der Waals surface area contributed by atoms with Crippen molar-refractivity contribution in [2.45, 2.75) is 25.3 Å². The summed E-state index contributed by atoms with van der Waals surface area (Å²) in [5.74, 6) is -0.690. The summed E-state index contributed by atoms with van der Waals surface area (Å²) in [6, 6.07) is 7.39. The standard InChI is InChI=1S/C12H14N2O3/c1-11(2)8-16-12(14(11)15)7-13-9-5-3-4-6-10(9)17-12/h3-7,15H,8H2,1-2H3/t12-/m0/s1. The van der Waals surface area contributed by atoms with Gasteiger partial charge in [0.15, 0.2) is 5.75 Å². The van der Waals surface area contributed by atoms with E-state index in [1.54, 1.807) is 6.07 Å². The fraction of sp³-hybridized carbons (Fsp3) is 0.417. The van der Waals surface area contributed by atoms with E-state index in [-0.39, 0.29) is 0 Å². The number of hydrogen-bond donors (Lipinski definition) is 1. The van der Waals surface area contributed by atoms with Gasteiger partial charge in [0.25, 0.3) is 0 Å². The summed E-state index contributed by atoms with van der Waals surface area (Å²) in [4.78, 5) is 4.27. The summed E-state index contributed by atoms with van der Waals surface area (Å²) in [5.41, 5.74) is 0.234. The molecule has 2 aliphatic heterocycles. The second kappa shape index (κ2) is 3.29. The topological polar surface area (TPSA) is 54.3 Å². The Morgan fingerprint density at radius 2 is 2.12 bits per heavy atom. The molecule has 0 saturated carbocycles. The number of rotatable bonds is 0. The van der Waals surface area contributed by atoms with Crippen molar-refractivity contribution >= 4 is 11.9 Å². The van der Waals surface area contributed by atoms with Gasteiger partial charge in [-0.25, -0.2) is 4.99 Å². The number of hydroxylamine groups is 2. The smallest absolute Gasteiger partial charge is 0.334 e. The maximum Gasteiger partial charge on any atom is 0.334 e. The van der Waals surface area contributed by atoms with Gasteiger partial charge in [-0.2, -0.15) is 0 Å². The van der Waals surface area contributed by atoms with Crippen LogP contribution >= 0.6 is 0 Å². The summed E-state index contributed by atoms with van der Waals surface area (Å²) >= 11 is 0. The molecule has 2 aliphatic rings. The van der Waals surface area contributed by atoms with E-state index in [4.69, 9.17) is 9.47 Å². The largest absolute Gasteiger partial charge is 0.440 e. The summed E-state index contributed by atoms with van der Waals surface area (Å²) in [6.45, 7) is 4.12. The van der Waals surface area contributed by atoms with Gasteiger partial charge >= 0.3 is 5.91 Å². The maximum absolute atomic E-state index is 10.1. The Balaban J connectivity index is 2.00. The minimum atomic E-state index is -1.29. The quantitative estimate of drug-likeness (QED) is 0.745. The normalized spacial score (nSPS) is 30.3. The zero-order chi connectivity index (χ0) is 12.1. The van der Waals surface area contributed by atoms with Crippen molar-refractivity contribution in [3.8, 4) is 5.75 Å². The molecule has 1 N–H and O–H groups in total. The summed E-state index contributed by atoms with van der Waals surface area (Å²) in [6.07, 6.45) is 1.49. The molecule has 90 valence electrons. The molecule has 1 aromatic carbocycles. The van der Waals surface area contributed by atoms with Gasteiger partial charge in [0.2, 0.25) is 0 Å². The van der Waals surface area contributed by atoms with Gasteiger partial charge in [-0.05, 0) is 26.0 Å². The highest BCUT2D eigenvalue weighted by Gasteiger charge is 2.54. The Morgan fingerprint density at radius 3 is 2.82 bits per heavy atom. The first kappa shape index (κ1) is 10.7. The lowest BCUT2D eigenvalue weighted by Crippen LogP contribution is -2.55. The van der Waals surface area contributed by atoms with Gasteiger partial charge in [0.05, 0.1) is 18.4 Å². The minimum Gasteiger partial charge on any atom is -0.440 e. The Morgan fingerprint density at radius 1 is 1.35 bits per heavy atom. The van der Waals surface area contributed by atoms with E-state index in [2.05, 4.69) is 4.99 Å². The zero-order valence-electron chi connectivity index (χ0n) is 9.75. The number of aliphatic imine (C=N–C) groups is 1. The van der Waals surface area contributed by atoms with Crippen LogP contribution in [0.3, 0.4) is 0 Å².